The fourth-order valence-electron chi connectivity index (χ4n) is 6.70. The lowest BCUT2D eigenvalue weighted by Crippen LogP contribution is -2.43. The Hall–Kier alpha value is -7.22. The first-order valence-electron chi connectivity index (χ1n) is 19.2. The molecule has 2 heterocycles. The highest BCUT2D eigenvalue weighted by molar-refractivity contribution is 5.91. The molecular weight excluding hydrogens is 749 g/mol. The maximum Gasteiger partial charge on any atom is 0.407 e. The molecule has 304 valence electrons. The van der Waals surface area contributed by atoms with E-state index in [9.17, 15) is 19.2 Å². The molecule has 1 atom stereocenters. The van der Waals surface area contributed by atoms with Crippen molar-refractivity contribution in [2.45, 2.75) is 39.4 Å². The maximum absolute atomic E-state index is 13.8. The predicted molar refractivity (Wildman–Crippen MR) is 226 cm³/mol. The van der Waals surface area contributed by atoms with E-state index in [0.717, 1.165) is 56.4 Å². The molecule has 4 aromatic carbocycles. The number of aromatic amines is 2. The van der Waals surface area contributed by atoms with E-state index < -0.39 is 18.2 Å². The average molecular weight is 797 g/mol. The smallest absolute Gasteiger partial charge is 0.407 e. The summed E-state index contributed by atoms with van der Waals surface area (Å²) in [6.45, 7) is 8.81. The van der Waals surface area contributed by atoms with E-state index in [1.807, 2.05) is 50.2 Å². The van der Waals surface area contributed by atoms with Crippen LogP contribution in [0.4, 0.5) is 9.59 Å². The van der Waals surface area contributed by atoms with E-state index in [1.54, 1.807) is 34.3 Å². The summed E-state index contributed by atoms with van der Waals surface area (Å²) >= 11 is 0. The van der Waals surface area contributed by atoms with E-state index >= 15 is 0 Å². The highest BCUT2D eigenvalue weighted by Gasteiger charge is 2.28. The topological polar surface area (TPSA) is 175 Å². The number of rotatable bonds is 16. The number of imidazole rings is 2. The van der Waals surface area contributed by atoms with Crippen LogP contribution in [-0.2, 0) is 32.2 Å². The summed E-state index contributed by atoms with van der Waals surface area (Å²) in [6.07, 6.45) is 2.87. The minimum absolute atomic E-state index is 0.199. The number of carbonyl (C=O) groups excluding carboxylic acids is 4. The second-order valence-corrected chi connectivity index (χ2v) is 14.1. The maximum atomic E-state index is 13.8. The Kier molecular flexibility index (Phi) is 13.5. The van der Waals surface area contributed by atoms with Crippen LogP contribution < -0.4 is 10.6 Å². The lowest BCUT2D eigenvalue weighted by Gasteiger charge is -2.27. The number of nitrogens with one attached hydrogen (secondary N) is 4. The molecule has 0 saturated heterocycles. The van der Waals surface area contributed by atoms with Gasteiger partial charge in [-0.15, -0.1) is 0 Å². The normalized spacial score (nSPS) is 11.4. The molecule has 14 nitrogen and oxygen atoms in total. The number of benzene rings is 4. The van der Waals surface area contributed by atoms with Gasteiger partial charge < -0.3 is 39.9 Å². The molecule has 0 spiro atoms. The molecular formula is C45H48N8O6. The molecule has 0 radical (unpaired) electrons. The monoisotopic (exact) mass is 796 g/mol. The van der Waals surface area contributed by atoms with Gasteiger partial charge in [-0.25, -0.2) is 19.6 Å². The van der Waals surface area contributed by atoms with E-state index in [1.165, 1.54) is 14.2 Å². The molecule has 0 aliphatic carbocycles. The molecule has 6 rings (SSSR count). The molecule has 2 aromatic heterocycles. The lowest BCUT2D eigenvalue weighted by molar-refractivity contribution is -0.134. The van der Waals surface area contributed by atoms with Gasteiger partial charge in [-0.2, -0.15) is 0 Å². The summed E-state index contributed by atoms with van der Waals surface area (Å²) in [5, 5.41) is 7.25. The van der Waals surface area contributed by atoms with Crippen molar-refractivity contribution in [1.82, 2.24) is 40.4 Å². The Morgan fingerprint density at radius 2 is 1.29 bits per heavy atom. The highest BCUT2D eigenvalue weighted by atomic mass is 16.5. The molecule has 4 N–H and O–H groups in total. The largest absolute Gasteiger partial charge is 0.453 e. The van der Waals surface area contributed by atoms with Crippen molar-refractivity contribution in [3.8, 4) is 33.6 Å². The third-order valence-corrected chi connectivity index (χ3v) is 9.63. The number of alkyl carbamates (subject to hydrolysis) is 2. The number of nitrogens with zero attached hydrogens (tertiary/aromatic N) is 4. The first-order valence-corrected chi connectivity index (χ1v) is 19.2. The van der Waals surface area contributed by atoms with Crippen molar-refractivity contribution >= 4 is 34.8 Å². The number of carbonyl (C=O) groups is 4. The summed E-state index contributed by atoms with van der Waals surface area (Å²) < 4.78 is 9.38. The SMILES string of the molecule is C=C(C)CN(Cc1ncc(-c2ccc(-c3ccc4cc(-c5cnc(CN(CCC)C(=O)C(NC(=O)OC)c6ccccc6)[nH]5)ccc4c3)cc2)[nH]1)C(=O)CNC(=O)OC. The van der Waals surface area contributed by atoms with Gasteiger partial charge >= 0.3 is 12.2 Å². The Morgan fingerprint density at radius 3 is 1.90 bits per heavy atom. The first-order chi connectivity index (χ1) is 28.5. The molecule has 0 fully saturated rings. The van der Waals surface area contributed by atoms with Gasteiger partial charge in [0.2, 0.25) is 11.8 Å². The molecule has 59 heavy (non-hydrogen) atoms. The Labute approximate surface area is 342 Å². The summed E-state index contributed by atoms with van der Waals surface area (Å²) in [5.41, 5.74) is 7.11. The predicted octanol–water partition coefficient (Wildman–Crippen LogP) is 7.38. The summed E-state index contributed by atoms with van der Waals surface area (Å²) in [6, 6.07) is 29.0. The van der Waals surface area contributed by atoms with Gasteiger partial charge in [0.1, 0.15) is 24.2 Å². The summed E-state index contributed by atoms with van der Waals surface area (Å²) in [4.78, 5) is 69.4. The molecule has 4 amide bonds. The Bertz CT molecular complexity index is 2420. The van der Waals surface area contributed by atoms with E-state index in [0.29, 0.717) is 30.3 Å². The number of fused-ring (bicyclic) bond motifs is 1. The number of aromatic nitrogens is 4. The van der Waals surface area contributed by atoms with Gasteiger partial charge in [0.25, 0.3) is 0 Å². The zero-order valence-corrected chi connectivity index (χ0v) is 33.6. The van der Waals surface area contributed by atoms with Crippen LogP contribution in [0.25, 0.3) is 44.4 Å². The molecule has 0 aliphatic heterocycles. The van der Waals surface area contributed by atoms with Crippen LogP contribution in [0, 0.1) is 0 Å². The quantitative estimate of drug-likeness (QED) is 0.0734. The third kappa shape index (κ3) is 10.6. The second-order valence-electron chi connectivity index (χ2n) is 14.1. The number of amides is 4. The zero-order chi connectivity index (χ0) is 41.9. The number of ether oxygens (including phenoxy) is 2. The zero-order valence-electron chi connectivity index (χ0n) is 33.6. The molecule has 1 unspecified atom stereocenters. The Morgan fingerprint density at radius 1 is 0.729 bits per heavy atom. The van der Waals surface area contributed by atoms with Crippen LogP contribution in [0.3, 0.4) is 0 Å². The molecule has 6 aromatic rings. The average Bonchev–Trinajstić information content (AvgIpc) is 3.94. The second kappa shape index (κ2) is 19.3. The fourth-order valence-corrected chi connectivity index (χ4v) is 6.70. The van der Waals surface area contributed by atoms with Gasteiger partial charge in [0.05, 0.1) is 51.1 Å². The van der Waals surface area contributed by atoms with Crippen molar-refractivity contribution in [3.05, 3.63) is 133 Å². The van der Waals surface area contributed by atoms with Crippen molar-refractivity contribution < 1.29 is 28.7 Å². The van der Waals surface area contributed by atoms with E-state index in [4.69, 9.17) is 4.74 Å². The number of hydrogen-bond acceptors (Lipinski definition) is 8. The minimum Gasteiger partial charge on any atom is -0.453 e. The van der Waals surface area contributed by atoms with Gasteiger partial charge in [-0.1, -0.05) is 97.9 Å². The van der Waals surface area contributed by atoms with Gasteiger partial charge in [-0.05, 0) is 58.5 Å². The molecule has 0 aliphatic rings. The van der Waals surface area contributed by atoms with Gasteiger partial charge in [0.15, 0.2) is 0 Å². The number of hydrogen-bond donors (Lipinski definition) is 4. The third-order valence-electron chi connectivity index (χ3n) is 9.63. The van der Waals surface area contributed by atoms with E-state index in [2.05, 4.69) is 84.3 Å². The fraction of sp³-hybridized carbons (Fsp3) is 0.244. The first kappa shape index (κ1) is 41.4. The van der Waals surface area contributed by atoms with Crippen molar-refractivity contribution in [2.24, 2.45) is 0 Å². The lowest BCUT2D eigenvalue weighted by atomic mass is 9.98. The summed E-state index contributed by atoms with van der Waals surface area (Å²) in [5.74, 6) is 0.690. The number of methoxy groups -OCH3 is 2. The highest BCUT2D eigenvalue weighted by Crippen LogP contribution is 2.30. The Balaban J connectivity index is 1.12. The van der Waals surface area contributed by atoms with Crippen molar-refractivity contribution in [2.75, 3.05) is 33.9 Å². The van der Waals surface area contributed by atoms with Crippen LogP contribution in [0.15, 0.2) is 116 Å². The summed E-state index contributed by atoms with van der Waals surface area (Å²) in [7, 11) is 2.51. The van der Waals surface area contributed by atoms with Crippen LogP contribution in [0.1, 0.15) is 43.5 Å². The standard InChI is InChI=1S/C45H48N8O6/c1-6-20-52(43(55)42(51-45(57)59-5)32-10-8-7-9-11-32)27-39-47-24-38(50-39)36-19-18-34-21-33(16-17-35(34)22-36)30-12-14-31(15-13-30)37-23-46-40(49-37)28-53(26-29(2)3)41(54)25-48-44(56)58-4/h7-19,21-24,42H,2,6,20,25-28H2,1,3-5H3,(H,46,49)(H,47,50)(H,48,56)(H,51,57). The van der Waals surface area contributed by atoms with Gasteiger partial charge in [0, 0.05) is 18.7 Å². The van der Waals surface area contributed by atoms with Crippen molar-refractivity contribution in [1.29, 1.82) is 0 Å². The van der Waals surface area contributed by atoms with Gasteiger partial charge in [-0.3, -0.25) is 9.59 Å². The molecule has 0 bridgehead atoms. The van der Waals surface area contributed by atoms with Crippen LogP contribution in [0.2, 0.25) is 0 Å². The minimum atomic E-state index is -0.906. The molecule has 0 saturated carbocycles. The van der Waals surface area contributed by atoms with Crippen LogP contribution >= 0.6 is 0 Å². The van der Waals surface area contributed by atoms with E-state index in [-0.39, 0.29) is 31.4 Å². The van der Waals surface area contributed by atoms with Crippen LogP contribution in [-0.4, -0.2) is 87.6 Å². The number of H-pyrrole nitrogens is 2. The molecule has 14 heteroatoms. The van der Waals surface area contributed by atoms with Crippen LogP contribution in [0.5, 0.6) is 0 Å². The van der Waals surface area contributed by atoms with Crippen molar-refractivity contribution in [3.63, 3.8) is 0 Å².